The molecular weight excluding hydrogens is 341 g/mol. The number of hydrogen-bond acceptors (Lipinski definition) is 3. The minimum absolute atomic E-state index is 0.000959. The summed E-state index contributed by atoms with van der Waals surface area (Å²) in [6, 6.07) is 12.1. The first-order valence-corrected chi connectivity index (χ1v) is 6.96. The molecule has 4 nitrogen and oxygen atoms in total. The van der Waals surface area contributed by atoms with Gasteiger partial charge in [0, 0.05) is 5.56 Å². The standard InChI is InChI=1S/C15H13BrFNO3/c16-12-6-7-13(11(8-19)14(12)17)18-15(20)21-9-10-4-2-1-3-5-10/h1-7,19H,8-9H2,(H,18,20). The van der Waals surface area contributed by atoms with E-state index in [2.05, 4.69) is 21.2 Å². The Kier molecular flexibility index (Phi) is 5.30. The van der Waals surface area contributed by atoms with Crippen molar-refractivity contribution in [3.63, 3.8) is 0 Å². The van der Waals surface area contributed by atoms with E-state index >= 15 is 0 Å². The molecule has 0 aliphatic heterocycles. The minimum atomic E-state index is -0.713. The van der Waals surface area contributed by atoms with Gasteiger partial charge >= 0.3 is 6.09 Å². The first-order chi connectivity index (χ1) is 10.1. The van der Waals surface area contributed by atoms with E-state index in [-0.39, 0.29) is 22.3 Å². The van der Waals surface area contributed by atoms with Gasteiger partial charge < -0.3 is 9.84 Å². The number of rotatable bonds is 4. The molecule has 2 aromatic rings. The number of anilines is 1. The topological polar surface area (TPSA) is 58.6 Å². The molecule has 0 unspecified atom stereocenters. The summed E-state index contributed by atoms with van der Waals surface area (Å²) in [6.07, 6.45) is -0.713. The summed E-state index contributed by atoms with van der Waals surface area (Å²) in [5.74, 6) is -0.613. The molecule has 0 atom stereocenters. The lowest BCUT2D eigenvalue weighted by Crippen LogP contribution is -2.15. The Morgan fingerprint density at radius 3 is 2.62 bits per heavy atom. The van der Waals surface area contributed by atoms with Crippen molar-refractivity contribution in [2.45, 2.75) is 13.2 Å². The molecule has 0 fully saturated rings. The fourth-order valence-corrected chi connectivity index (χ4v) is 2.10. The van der Waals surface area contributed by atoms with E-state index in [0.717, 1.165) is 5.56 Å². The molecule has 0 saturated heterocycles. The van der Waals surface area contributed by atoms with Crippen LogP contribution in [0.25, 0.3) is 0 Å². The Bertz CT molecular complexity index is 634. The largest absolute Gasteiger partial charge is 0.444 e. The van der Waals surface area contributed by atoms with Crippen molar-refractivity contribution >= 4 is 27.7 Å². The van der Waals surface area contributed by atoms with E-state index < -0.39 is 18.5 Å². The summed E-state index contributed by atoms with van der Waals surface area (Å²) in [6.45, 7) is -0.417. The zero-order valence-corrected chi connectivity index (χ0v) is 12.6. The third kappa shape index (κ3) is 4.03. The number of amides is 1. The lowest BCUT2D eigenvalue weighted by Gasteiger charge is -2.11. The summed E-state index contributed by atoms with van der Waals surface area (Å²) in [7, 11) is 0. The number of ether oxygens (including phenoxy) is 1. The molecular formula is C15H13BrFNO3. The molecule has 0 aromatic heterocycles. The highest BCUT2D eigenvalue weighted by Crippen LogP contribution is 2.26. The van der Waals surface area contributed by atoms with E-state index in [1.54, 1.807) is 0 Å². The normalized spacial score (nSPS) is 10.2. The van der Waals surface area contributed by atoms with Gasteiger partial charge in [0.2, 0.25) is 0 Å². The highest BCUT2D eigenvalue weighted by molar-refractivity contribution is 9.10. The monoisotopic (exact) mass is 353 g/mol. The van der Waals surface area contributed by atoms with Crippen LogP contribution in [0.5, 0.6) is 0 Å². The molecule has 1 amide bonds. The van der Waals surface area contributed by atoms with Crippen LogP contribution in [-0.2, 0) is 18.0 Å². The molecule has 0 spiro atoms. The summed E-state index contributed by atoms with van der Waals surface area (Å²) >= 11 is 3.02. The van der Waals surface area contributed by atoms with Crippen LogP contribution in [0.2, 0.25) is 0 Å². The molecule has 0 saturated carbocycles. The maximum Gasteiger partial charge on any atom is 0.411 e. The Balaban J connectivity index is 2.01. The Hall–Kier alpha value is -1.92. The molecule has 0 bridgehead atoms. The van der Waals surface area contributed by atoms with E-state index in [1.807, 2.05) is 30.3 Å². The molecule has 21 heavy (non-hydrogen) atoms. The minimum Gasteiger partial charge on any atom is -0.444 e. The van der Waals surface area contributed by atoms with Crippen molar-refractivity contribution < 1.29 is 19.0 Å². The summed E-state index contributed by atoms with van der Waals surface area (Å²) in [4.78, 5) is 11.7. The van der Waals surface area contributed by atoms with Crippen LogP contribution in [0.3, 0.4) is 0 Å². The maximum absolute atomic E-state index is 13.8. The SMILES string of the molecule is O=C(Nc1ccc(Br)c(F)c1CO)OCc1ccccc1. The van der Waals surface area contributed by atoms with E-state index in [9.17, 15) is 14.3 Å². The Morgan fingerprint density at radius 2 is 1.95 bits per heavy atom. The van der Waals surface area contributed by atoms with Crippen LogP contribution in [-0.4, -0.2) is 11.2 Å². The maximum atomic E-state index is 13.8. The number of benzene rings is 2. The van der Waals surface area contributed by atoms with E-state index in [0.29, 0.717) is 0 Å². The van der Waals surface area contributed by atoms with E-state index in [4.69, 9.17) is 4.74 Å². The summed E-state index contributed by atoms with van der Waals surface area (Å²) in [5, 5.41) is 11.6. The van der Waals surface area contributed by atoms with Gasteiger partial charge in [-0.15, -0.1) is 0 Å². The van der Waals surface area contributed by atoms with E-state index in [1.165, 1.54) is 12.1 Å². The summed E-state index contributed by atoms with van der Waals surface area (Å²) in [5.41, 5.74) is 1.02. The molecule has 2 aromatic carbocycles. The predicted molar refractivity (Wildman–Crippen MR) is 80.3 cm³/mol. The van der Waals surface area contributed by atoms with Crippen LogP contribution in [0.1, 0.15) is 11.1 Å². The molecule has 0 radical (unpaired) electrons. The Labute approximate surface area is 129 Å². The number of nitrogens with one attached hydrogen (secondary N) is 1. The van der Waals surface area contributed by atoms with Crippen molar-refractivity contribution in [1.29, 1.82) is 0 Å². The quantitative estimate of drug-likeness (QED) is 0.878. The Morgan fingerprint density at radius 1 is 1.24 bits per heavy atom. The van der Waals surface area contributed by atoms with Crippen molar-refractivity contribution in [1.82, 2.24) is 0 Å². The molecule has 2 N–H and O–H groups in total. The van der Waals surface area contributed by atoms with Gasteiger partial charge in [-0.1, -0.05) is 30.3 Å². The first-order valence-electron chi connectivity index (χ1n) is 6.17. The molecule has 0 aliphatic carbocycles. The first kappa shape index (κ1) is 15.5. The van der Waals surface area contributed by atoms with Gasteiger partial charge in [0.15, 0.2) is 0 Å². The smallest absolute Gasteiger partial charge is 0.411 e. The van der Waals surface area contributed by atoms with Crippen LogP contribution < -0.4 is 5.32 Å². The average molecular weight is 354 g/mol. The van der Waals surface area contributed by atoms with Crippen LogP contribution in [0, 0.1) is 5.82 Å². The fourth-order valence-electron chi connectivity index (χ4n) is 1.73. The second-order valence-corrected chi connectivity index (χ2v) is 5.09. The zero-order valence-electron chi connectivity index (χ0n) is 11.0. The van der Waals surface area contributed by atoms with Gasteiger partial charge in [-0.3, -0.25) is 5.32 Å². The second-order valence-electron chi connectivity index (χ2n) is 4.23. The molecule has 6 heteroatoms. The zero-order chi connectivity index (χ0) is 15.2. The highest BCUT2D eigenvalue weighted by atomic mass is 79.9. The van der Waals surface area contributed by atoms with Crippen LogP contribution in [0.4, 0.5) is 14.9 Å². The van der Waals surface area contributed by atoms with Gasteiger partial charge in [-0.2, -0.15) is 0 Å². The van der Waals surface area contributed by atoms with Crippen LogP contribution in [0.15, 0.2) is 46.9 Å². The average Bonchev–Trinajstić information content (AvgIpc) is 2.50. The summed E-state index contributed by atoms with van der Waals surface area (Å²) < 4.78 is 19.0. The fraction of sp³-hybridized carbons (Fsp3) is 0.133. The van der Waals surface area contributed by atoms with Crippen molar-refractivity contribution in [2.75, 3.05) is 5.32 Å². The third-order valence-electron chi connectivity index (χ3n) is 2.80. The van der Waals surface area contributed by atoms with Crippen molar-refractivity contribution in [3.8, 4) is 0 Å². The van der Waals surface area contributed by atoms with Gasteiger partial charge in [0.05, 0.1) is 16.8 Å². The lowest BCUT2D eigenvalue weighted by atomic mass is 10.2. The lowest BCUT2D eigenvalue weighted by molar-refractivity contribution is 0.155. The van der Waals surface area contributed by atoms with Gasteiger partial charge in [-0.05, 0) is 33.6 Å². The van der Waals surface area contributed by atoms with Gasteiger partial charge in [-0.25, -0.2) is 9.18 Å². The van der Waals surface area contributed by atoms with Crippen molar-refractivity contribution in [2.24, 2.45) is 0 Å². The van der Waals surface area contributed by atoms with Gasteiger partial charge in [0.1, 0.15) is 12.4 Å². The predicted octanol–water partition coefficient (Wildman–Crippen LogP) is 3.83. The molecule has 0 aliphatic rings. The van der Waals surface area contributed by atoms with Gasteiger partial charge in [0.25, 0.3) is 0 Å². The number of aliphatic hydroxyl groups excluding tert-OH is 1. The number of hydrogen-bond donors (Lipinski definition) is 2. The molecule has 110 valence electrons. The third-order valence-corrected chi connectivity index (χ3v) is 3.42. The second kappa shape index (κ2) is 7.19. The molecule has 0 heterocycles. The number of aliphatic hydroxyl groups is 1. The number of halogens is 2. The van der Waals surface area contributed by atoms with Crippen LogP contribution >= 0.6 is 15.9 Å². The highest BCUT2D eigenvalue weighted by Gasteiger charge is 2.14. The number of carbonyl (C=O) groups excluding carboxylic acids is 1. The number of carbonyl (C=O) groups is 1. The van der Waals surface area contributed by atoms with Crippen molar-refractivity contribution in [3.05, 3.63) is 63.9 Å². The molecule has 2 rings (SSSR count).